The molecule has 0 unspecified atom stereocenters. The Kier molecular flexibility index (Phi) is 8.05. The molecule has 0 radical (unpaired) electrons. The Morgan fingerprint density at radius 2 is 2.15 bits per heavy atom. The van der Waals surface area contributed by atoms with E-state index in [1.165, 1.54) is 23.9 Å². The first-order chi connectivity index (χ1) is 16.0. The number of ether oxygens (including phenoxy) is 2. The molecule has 2 atom stereocenters. The zero-order valence-electron chi connectivity index (χ0n) is 18.8. The van der Waals surface area contributed by atoms with Crippen LogP contribution in [-0.2, 0) is 11.3 Å². The fourth-order valence-corrected chi connectivity index (χ4v) is 4.93. The second kappa shape index (κ2) is 11.2. The Morgan fingerprint density at radius 1 is 1.33 bits per heavy atom. The van der Waals surface area contributed by atoms with E-state index in [-0.39, 0.29) is 18.4 Å². The average molecular weight is 478 g/mol. The summed E-state index contributed by atoms with van der Waals surface area (Å²) >= 11 is 1.44. The molecule has 3 heterocycles. The number of thioether (sulfide) groups is 1. The number of nitro groups is 1. The molecule has 1 aromatic carbocycles. The Morgan fingerprint density at radius 3 is 2.88 bits per heavy atom. The minimum absolute atomic E-state index is 0.0327. The Bertz CT molecular complexity index is 928. The number of aliphatic hydroxyl groups is 1. The minimum Gasteiger partial charge on any atom is -0.491 e. The van der Waals surface area contributed by atoms with Gasteiger partial charge in [0.1, 0.15) is 12.4 Å². The van der Waals surface area contributed by atoms with Crippen molar-refractivity contribution in [3.63, 3.8) is 0 Å². The molecule has 1 aromatic heterocycles. The van der Waals surface area contributed by atoms with E-state index in [1.807, 2.05) is 0 Å². The molecule has 33 heavy (non-hydrogen) atoms. The molecule has 10 nitrogen and oxygen atoms in total. The molecule has 0 bridgehead atoms. The zero-order chi connectivity index (χ0) is 23.2. The summed E-state index contributed by atoms with van der Waals surface area (Å²) in [6, 6.07) is 5.95. The summed E-state index contributed by atoms with van der Waals surface area (Å²) < 4.78 is 13.5. The summed E-state index contributed by atoms with van der Waals surface area (Å²) in [7, 11) is 0. The average Bonchev–Trinajstić information content (AvgIpc) is 3.47. The third-order valence-electron chi connectivity index (χ3n) is 6.05. The van der Waals surface area contributed by atoms with E-state index in [9.17, 15) is 15.2 Å². The van der Waals surface area contributed by atoms with Crippen LogP contribution in [0.3, 0.4) is 0 Å². The van der Waals surface area contributed by atoms with Gasteiger partial charge in [-0.05, 0) is 37.7 Å². The number of anilines is 1. The number of hydrogen-bond acceptors (Lipinski definition) is 9. The van der Waals surface area contributed by atoms with Crippen LogP contribution < -0.4 is 9.64 Å². The third kappa shape index (κ3) is 6.36. The number of nitro benzene ring substituents is 1. The van der Waals surface area contributed by atoms with Crippen LogP contribution in [0.1, 0.15) is 32.6 Å². The summed E-state index contributed by atoms with van der Waals surface area (Å²) in [6.45, 7) is 5.75. The van der Waals surface area contributed by atoms with Gasteiger partial charge in [-0.1, -0.05) is 24.8 Å². The number of non-ortho nitro benzene ring substituents is 1. The molecule has 2 fully saturated rings. The standard InChI is InChI=1S/C22H31N5O5S/c1-16-7-9-25(10-8-16)21-23-24-22(26(21)13-20-6-3-11-31-20)33-15-18(28)14-32-19-5-2-4-17(12-19)27(29)30/h2,4-5,12,16,18,20,28H,3,6-11,13-15H2,1H3/t18-,20-/m0/s1. The van der Waals surface area contributed by atoms with Gasteiger partial charge in [0, 0.05) is 31.5 Å². The van der Waals surface area contributed by atoms with Crippen LogP contribution >= 0.6 is 11.8 Å². The summed E-state index contributed by atoms with van der Waals surface area (Å²) in [5.41, 5.74) is -0.0433. The highest BCUT2D eigenvalue weighted by molar-refractivity contribution is 7.99. The highest BCUT2D eigenvalue weighted by Gasteiger charge is 2.26. The van der Waals surface area contributed by atoms with Crippen LogP contribution in [-0.4, -0.2) is 69.1 Å². The Hall–Kier alpha value is -2.37. The van der Waals surface area contributed by atoms with Gasteiger partial charge >= 0.3 is 0 Å². The van der Waals surface area contributed by atoms with E-state index in [4.69, 9.17) is 9.47 Å². The zero-order valence-corrected chi connectivity index (χ0v) is 19.7. The molecular weight excluding hydrogens is 446 g/mol. The predicted molar refractivity (Wildman–Crippen MR) is 125 cm³/mol. The van der Waals surface area contributed by atoms with Gasteiger partial charge in [-0.2, -0.15) is 0 Å². The maximum absolute atomic E-state index is 10.9. The monoisotopic (exact) mass is 477 g/mol. The van der Waals surface area contributed by atoms with Crippen molar-refractivity contribution in [1.29, 1.82) is 0 Å². The second-order valence-corrected chi connectivity index (χ2v) is 9.72. The highest BCUT2D eigenvalue weighted by Crippen LogP contribution is 2.28. The summed E-state index contributed by atoms with van der Waals surface area (Å²) in [6.07, 6.45) is 3.77. The molecule has 2 saturated heterocycles. The highest BCUT2D eigenvalue weighted by atomic mass is 32.2. The molecular formula is C22H31N5O5S. The molecule has 1 N–H and O–H groups in total. The first-order valence-corrected chi connectivity index (χ1v) is 12.5. The lowest BCUT2D eigenvalue weighted by molar-refractivity contribution is -0.384. The first kappa shape index (κ1) is 23.8. The lowest BCUT2D eigenvalue weighted by Crippen LogP contribution is -2.35. The molecule has 0 spiro atoms. The quantitative estimate of drug-likeness (QED) is 0.313. The van der Waals surface area contributed by atoms with E-state index in [0.717, 1.165) is 62.4 Å². The number of nitrogens with zero attached hydrogens (tertiary/aromatic N) is 5. The van der Waals surface area contributed by atoms with Gasteiger partial charge in [-0.3, -0.25) is 14.7 Å². The van der Waals surface area contributed by atoms with Gasteiger partial charge in [-0.25, -0.2) is 0 Å². The molecule has 2 aliphatic heterocycles. The van der Waals surface area contributed by atoms with E-state index in [0.29, 0.717) is 18.0 Å². The molecule has 0 amide bonds. The molecule has 2 aliphatic rings. The van der Waals surface area contributed by atoms with Gasteiger partial charge in [-0.15, -0.1) is 10.2 Å². The van der Waals surface area contributed by atoms with Crippen molar-refractivity contribution in [3.05, 3.63) is 34.4 Å². The van der Waals surface area contributed by atoms with Crippen molar-refractivity contribution in [2.75, 3.05) is 37.0 Å². The van der Waals surface area contributed by atoms with Gasteiger partial charge in [0.25, 0.3) is 5.69 Å². The van der Waals surface area contributed by atoms with Crippen LogP contribution in [0.15, 0.2) is 29.4 Å². The topological polar surface area (TPSA) is 116 Å². The maximum Gasteiger partial charge on any atom is 0.273 e. The molecule has 2 aromatic rings. The minimum atomic E-state index is -0.763. The number of benzene rings is 1. The number of aliphatic hydroxyl groups excluding tert-OH is 1. The smallest absolute Gasteiger partial charge is 0.273 e. The van der Waals surface area contributed by atoms with Crippen molar-refractivity contribution in [2.24, 2.45) is 5.92 Å². The normalized spacial score (nSPS) is 20.2. The third-order valence-corrected chi connectivity index (χ3v) is 7.16. The molecule has 11 heteroatoms. The molecule has 0 aliphatic carbocycles. The second-order valence-electron chi connectivity index (χ2n) is 8.73. The van der Waals surface area contributed by atoms with Gasteiger partial charge in [0.15, 0.2) is 5.16 Å². The Labute approximate surface area is 197 Å². The van der Waals surface area contributed by atoms with E-state index < -0.39 is 11.0 Å². The molecule has 4 rings (SSSR count). The van der Waals surface area contributed by atoms with E-state index in [1.54, 1.807) is 12.1 Å². The maximum atomic E-state index is 10.9. The van der Waals surface area contributed by atoms with Crippen molar-refractivity contribution in [3.8, 4) is 5.75 Å². The van der Waals surface area contributed by atoms with Gasteiger partial charge in [0.2, 0.25) is 5.95 Å². The molecule has 0 saturated carbocycles. The number of aromatic nitrogens is 3. The van der Waals surface area contributed by atoms with Crippen molar-refractivity contribution >= 4 is 23.4 Å². The van der Waals surface area contributed by atoms with Gasteiger partial charge < -0.3 is 19.5 Å². The first-order valence-electron chi connectivity index (χ1n) is 11.5. The van der Waals surface area contributed by atoms with Crippen molar-refractivity contribution in [2.45, 2.75) is 56.5 Å². The van der Waals surface area contributed by atoms with Crippen LogP contribution in [0.25, 0.3) is 0 Å². The molecule has 180 valence electrons. The Balaban J connectivity index is 1.37. The summed E-state index contributed by atoms with van der Waals surface area (Å²) in [5.74, 6) is 2.33. The van der Waals surface area contributed by atoms with E-state index in [2.05, 4.69) is 26.6 Å². The van der Waals surface area contributed by atoms with Crippen LogP contribution in [0, 0.1) is 16.0 Å². The fraction of sp³-hybridized carbons (Fsp3) is 0.636. The SMILES string of the molecule is CC1CCN(c2nnc(SC[C@@H](O)COc3cccc([N+](=O)[O-])c3)n2C[C@@H]2CCCO2)CC1. The lowest BCUT2D eigenvalue weighted by Gasteiger charge is -2.31. The van der Waals surface area contributed by atoms with Crippen LogP contribution in [0.5, 0.6) is 5.75 Å². The number of hydrogen-bond donors (Lipinski definition) is 1. The number of rotatable bonds is 10. The van der Waals surface area contributed by atoms with Crippen molar-refractivity contribution < 1.29 is 19.5 Å². The number of piperidine rings is 1. The largest absolute Gasteiger partial charge is 0.491 e. The van der Waals surface area contributed by atoms with Crippen LogP contribution in [0.4, 0.5) is 11.6 Å². The van der Waals surface area contributed by atoms with Crippen molar-refractivity contribution in [1.82, 2.24) is 14.8 Å². The predicted octanol–water partition coefficient (Wildman–Crippen LogP) is 3.13. The van der Waals surface area contributed by atoms with Gasteiger partial charge in [0.05, 0.1) is 29.7 Å². The fourth-order valence-electron chi connectivity index (χ4n) is 4.08. The summed E-state index contributed by atoms with van der Waals surface area (Å²) in [5, 5.41) is 31.0. The van der Waals surface area contributed by atoms with Crippen LogP contribution in [0.2, 0.25) is 0 Å². The summed E-state index contributed by atoms with van der Waals surface area (Å²) in [4.78, 5) is 12.7. The lowest BCUT2D eigenvalue weighted by atomic mass is 10.00. The van der Waals surface area contributed by atoms with E-state index >= 15 is 0 Å².